The summed E-state index contributed by atoms with van der Waals surface area (Å²) in [7, 11) is 0.935. The maximum absolute atomic E-state index is 12.8. The van der Waals surface area contributed by atoms with E-state index in [1.54, 1.807) is 0 Å². The van der Waals surface area contributed by atoms with Crippen LogP contribution in [0.25, 0.3) is 10.6 Å². The largest absolute Gasteiger partial charge is 0.471 e. The predicted octanol–water partition coefficient (Wildman–Crippen LogP) is 3.59. The summed E-state index contributed by atoms with van der Waals surface area (Å²) in [4.78, 5) is 26.8. The first-order chi connectivity index (χ1) is 12.9. The summed E-state index contributed by atoms with van der Waals surface area (Å²) in [5, 5.41) is 3.05. The van der Waals surface area contributed by atoms with Crippen LogP contribution in [0.5, 0.6) is 0 Å². The second kappa shape index (κ2) is 8.17. The van der Waals surface area contributed by atoms with Crippen LogP contribution in [-0.4, -0.2) is 36.2 Å². The number of hydrogen-bond acceptors (Lipinski definition) is 5. The first-order valence-corrected chi connectivity index (χ1v) is 8.37. The Morgan fingerprint density at radius 1 is 1.21 bits per heavy atom. The zero-order valence-corrected chi connectivity index (χ0v) is 14.8. The molecule has 0 aliphatic heterocycles. The number of benzene rings is 1. The second-order valence-corrected chi connectivity index (χ2v) is 6.33. The van der Waals surface area contributed by atoms with E-state index < -0.39 is 42.3 Å². The summed E-state index contributed by atoms with van der Waals surface area (Å²) in [6, 6.07) is 2.70. The molecule has 12 heteroatoms. The minimum absolute atomic E-state index is 0.107. The molecule has 152 valence electrons. The summed E-state index contributed by atoms with van der Waals surface area (Å²) >= 11 is 0.942. The van der Waals surface area contributed by atoms with Crippen molar-refractivity contribution in [3.8, 4) is 10.6 Å². The van der Waals surface area contributed by atoms with E-state index in [2.05, 4.69) is 9.72 Å². The molecule has 2 rings (SSSR count). The van der Waals surface area contributed by atoms with Crippen LogP contribution in [0, 0.1) is 0 Å². The Hall–Kier alpha value is -2.63. The molecular weight excluding hydrogens is 414 g/mol. The van der Waals surface area contributed by atoms with Crippen LogP contribution in [-0.2, 0) is 26.9 Å². The number of carbonyl (C=O) groups excluding carboxylic acids is 2. The average Bonchev–Trinajstić information content (AvgIpc) is 3.07. The molecule has 1 amide bonds. The molecule has 0 fully saturated rings. The van der Waals surface area contributed by atoms with Crippen LogP contribution in [0.1, 0.15) is 11.3 Å². The Kier molecular flexibility index (Phi) is 6.32. The van der Waals surface area contributed by atoms with E-state index in [-0.39, 0.29) is 16.3 Å². The van der Waals surface area contributed by atoms with Crippen LogP contribution >= 0.6 is 11.3 Å². The first-order valence-electron chi connectivity index (χ1n) is 7.49. The molecule has 1 aromatic carbocycles. The van der Waals surface area contributed by atoms with E-state index in [0.717, 1.165) is 30.6 Å². The van der Waals surface area contributed by atoms with Crippen molar-refractivity contribution in [2.75, 3.05) is 7.11 Å². The number of ether oxygens (including phenoxy) is 1. The molecule has 0 aliphatic carbocycles. The van der Waals surface area contributed by atoms with Crippen LogP contribution in [0.2, 0.25) is 0 Å². The number of aromatic nitrogens is 1. The molecule has 0 spiro atoms. The molecule has 0 aliphatic rings. The normalized spacial score (nSPS) is 13.1. The fraction of sp³-hybridized carbons (Fsp3) is 0.312. The lowest BCUT2D eigenvalue weighted by atomic mass is 10.1. The highest BCUT2D eigenvalue weighted by Gasteiger charge is 2.41. The van der Waals surface area contributed by atoms with Gasteiger partial charge in [-0.1, -0.05) is 12.1 Å². The zero-order chi connectivity index (χ0) is 21.1. The van der Waals surface area contributed by atoms with E-state index >= 15 is 0 Å². The molecule has 0 saturated heterocycles. The smallest absolute Gasteiger partial charge is 0.467 e. The van der Waals surface area contributed by atoms with Gasteiger partial charge < -0.3 is 10.1 Å². The Bertz CT molecular complexity index is 863. The molecule has 0 unspecified atom stereocenters. The van der Waals surface area contributed by atoms with Crippen molar-refractivity contribution in [2.24, 2.45) is 0 Å². The highest BCUT2D eigenvalue weighted by atomic mass is 32.1. The molecule has 1 atom stereocenters. The number of nitrogens with one attached hydrogen (secondary N) is 1. The van der Waals surface area contributed by atoms with E-state index in [1.807, 2.05) is 0 Å². The van der Waals surface area contributed by atoms with Gasteiger partial charge in [0.1, 0.15) is 11.0 Å². The number of amides is 1. The lowest BCUT2D eigenvalue weighted by molar-refractivity contribution is -0.175. The van der Waals surface area contributed by atoms with Crippen molar-refractivity contribution in [3.05, 3.63) is 40.9 Å². The van der Waals surface area contributed by atoms with Crippen molar-refractivity contribution in [2.45, 2.75) is 24.8 Å². The Balaban J connectivity index is 2.22. The lowest BCUT2D eigenvalue weighted by Gasteiger charge is -2.16. The van der Waals surface area contributed by atoms with Gasteiger partial charge in [0.15, 0.2) is 0 Å². The summed E-state index contributed by atoms with van der Waals surface area (Å²) in [5.41, 5.74) is -0.623. The highest BCUT2D eigenvalue weighted by molar-refractivity contribution is 7.13. The fourth-order valence-electron chi connectivity index (χ4n) is 2.15. The van der Waals surface area contributed by atoms with Gasteiger partial charge in [0.25, 0.3) is 0 Å². The van der Waals surface area contributed by atoms with E-state index in [4.69, 9.17) is 0 Å². The maximum atomic E-state index is 12.8. The third-order valence-electron chi connectivity index (χ3n) is 3.45. The van der Waals surface area contributed by atoms with Crippen LogP contribution in [0.3, 0.4) is 0 Å². The maximum Gasteiger partial charge on any atom is 0.471 e. The monoisotopic (exact) mass is 426 g/mol. The molecule has 1 N–H and O–H groups in total. The molecule has 0 radical (unpaired) electrons. The molecule has 5 nitrogen and oxygen atoms in total. The van der Waals surface area contributed by atoms with Crippen molar-refractivity contribution in [1.82, 2.24) is 10.3 Å². The molecule has 0 bridgehead atoms. The number of esters is 1. The van der Waals surface area contributed by atoms with Crippen LogP contribution < -0.4 is 5.32 Å². The van der Waals surface area contributed by atoms with Crippen LogP contribution in [0.15, 0.2) is 29.6 Å². The van der Waals surface area contributed by atoms with Crippen molar-refractivity contribution in [3.63, 3.8) is 0 Å². The number of methoxy groups -OCH3 is 1. The SMILES string of the molecule is COC(=O)[C@H](Cc1csc(-c2cccc(C(F)(F)F)c2)n1)NC(=O)C(F)(F)F. The van der Waals surface area contributed by atoms with Gasteiger partial charge in [0.05, 0.1) is 18.4 Å². The fourth-order valence-corrected chi connectivity index (χ4v) is 2.98. The van der Waals surface area contributed by atoms with Crippen LogP contribution in [0.4, 0.5) is 26.3 Å². The highest BCUT2D eigenvalue weighted by Crippen LogP contribution is 2.33. The third kappa shape index (κ3) is 5.44. The Morgan fingerprint density at radius 3 is 2.46 bits per heavy atom. The van der Waals surface area contributed by atoms with Crippen molar-refractivity contribution in [1.29, 1.82) is 0 Å². The number of alkyl halides is 6. The number of thiazole rings is 1. The number of nitrogens with zero attached hydrogens (tertiary/aromatic N) is 1. The Morgan fingerprint density at radius 2 is 1.89 bits per heavy atom. The van der Waals surface area contributed by atoms with E-state index in [1.165, 1.54) is 22.8 Å². The van der Waals surface area contributed by atoms with E-state index in [9.17, 15) is 35.9 Å². The Labute approximate surface area is 158 Å². The summed E-state index contributed by atoms with van der Waals surface area (Å²) in [5.74, 6) is -3.44. The van der Waals surface area contributed by atoms with Crippen molar-refractivity contribution >= 4 is 23.2 Å². The average molecular weight is 426 g/mol. The summed E-state index contributed by atoms with van der Waals surface area (Å²) in [6.07, 6.45) is -10.2. The van der Waals surface area contributed by atoms with Gasteiger partial charge in [0, 0.05) is 17.4 Å². The summed E-state index contributed by atoms with van der Waals surface area (Å²) < 4.78 is 80.0. The number of halogens is 6. The van der Waals surface area contributed by atoms with Gasteiger partial charge in [-0.3, -0.25) is 4.79 Å². The predicted molar refractivity (Wildman–Crippen MR) is 86.3 cm³/mol. The second-order valence-electron chi connectivity index (χ2n) is 5.47. The number of rotatable bonds is 5. The third-order valence-corrected chi connectivity index (χ3v) is 4.39. The molecular formula is C16H12F6N2O3S. The summed E-state index contributed by atoms with van der Waals surface area (Å²) in [6.45, 7) is 0. The molecule has 1 heterocycles. The standard InChI is InChI=1S/C16H12F6N2O3S/c1-27-13(25)11(24-14(26)16(20,21)22)6-10-7-28-12(23-10)8-3-2-4-9(5-8)15(17,18)19/h2-5,7,11H,6H2,1H3,(H,24,26)/t11-/m0/s1. The molecule has 2 aromatic rings. The number of hydrogen-bond donors (Lipinski definition) is 1. The number of carbonyl (C=O) groups is 2. The van der Waals surface area contributed by atoms with Gasteiger partial charge in [-0.2, -0.15) is 26.3 Å². The lowest BCUT2D eigenvalue weighted by Crippen LogP contribution is -2.48. The van der Waals surface area contributed by atoms with Gasteiger partial charge >= 0.3 is 24.2 Å². The van der Waals surface area contributed by atoms with Gasteiger partial charge in [-0.25, -0.2) is 9.78 Å². The quantitative estimate of drug-likeness (QED) is 0.586. The van der Waals surface area contributed by atoms with E-state index in [0.29, 0.717) is 0 Å². The first kappa shape index (κ1) is 21.7. The van der Waals surface area contributed by atoms with Gasteiger partial charge in [-0.15, -0.1) is 11.3 Å². The minimum Gasteiger partial charge on any atom is -0.467 e. The molecule has 0 saturated carbocycles. The zero-order valence-electron chi connectivity index (χ0n) is 14.0. The van der Waals surface area contributed by atoms with Crippen molar-refractivity contribution < 1.29 is 40.7 Å². The topological polar surface area (TPSA) is 68.3 Å². The van der Waals surface area contributed by atoms with Gasteiger partial charge in [0.2, 0.25) is 0 Å². The molecule has 1 aromatic heterocycles. The minimum atomic E-state index is -5.20. The molecule has 28 heavy (non-hydrogen) atoms. The van der Waals surface area contributed by atoms with Gasteiger partial charge in [-0.05, 0) is 12.1 Å².